The van der Waals surface area contributed by atoms with Gasteiger partial charge in [-0.05, 0) is 31.7 Å². The Morgan fingerprint density at radius 2 is 1.94 bits per heavy atom. The second-order valence-corrected chi connectivity index (χ2v) is 4.47. The van der Waals surface area contributed by atoms with Gasteiger partial charge in [-0.3, -0.25) is 4.79 Å². The van der Waals surface area contributed by atoms with E-state index in [1.54, 1.807) is 0 Å². The molecule has 0 spiro atoms. The van der Waals surface area contributed by atoms with Crippen LogP contribution in [0.2, 0.25) is 0 Å². The molecule has 0 rings (SSSR count). The fraction of sp³-hybridized carbons (Fsp3) is 0.923. The average Bonchev–Trinajstić information content (AvgIpc) is 2.27. The van der Waals surface area contributed by atoms with E-state index in [1.165, 1.54) is 12.8 Å². The second kappa shape index (κ2) is 10.9. The van der Waals surface area contributed by atoms with Crippen molar-refractivity contribution in [1.29, 1.82) is 0 Å². The zero-order valence-corrected chi connectivity index (χ0v) is 10.9. The topological polar surface area (TPSA) is 55.1 Å². The molecule has 0 saturated heterocycles. The Hall–Kier alpha value is -0.570. The zero-order chi connectivity index (χ0) is 12.2. The van der Waals surface area contributed by atoms with Gasteiger partial charge in [0.25, 0.3) is 0 Å². The zero-order valence-electron chi connectivity index (χ0n) is 10.9. The third-order valence-electron chi connectivity index (χ3n) is 2.90. The summed E-state index contributed by atoms with van der Waals surface area (Å²) in [7, 11) is 0. The molecule has 0 bridgehead atoms. The third kappa shape index (κ3) is 8.72. The maximum Gasteiger partial charge on any atom is 0.220 e. The molecule has 0 aromatic carbocycles. The highest BCUT2D eigenvalue weighted by atomic mass is 16.1. The van der Waals surface area contributed by atoms with Crippen molar-refractivity contribution >= 4 is 5.91 Å². The Morgan fingerprint density at radius 3 is 2.50 bits per heavy atom. The average molecular weight is 228 g/mol. The van der Waals surface area contributed by atoms with Crippen LogP contribution in [-0.4, -0.2) is 19.0 Å². The minimum Gasteiger partial charge on any atom is -0.356 e. The lowest BCUT2D eigenvalue weighted by Gasteiger charge is -2.14. The summed E-state index contributed by atoms with van der Waals surface area (Å²) in [6.07, 6.45) is 7.29. The molecular weight excluding hydrogens is 200 g/mol. The van der Waals surface area contributed by atoms with Crippen molar-refractivity contribution < 1.29 is 4.79 Å². The van der Waals surface area contributed by atoms with Gasteiger partial charge in [-0.15, -0.1) is 0 Å². The third-order valence-corrected chi connectivity index (χ3v) is 2.90. The highest BCUT2D eigenvalue weighted by Gasteiger charge is 2.09. The van der Waals surface area contributed by atoms with Crippen molar-refractivity contribution in [2.75, 3.05) is 13.1 Å². The van der Waals surface area contributed by atoms with Gasteiger partial charge >= 0.3 is 0 Å². The van der Waals surface area contributed by atoms with E-state index in [0.717, 1.165) is 38.8 Å². The van der Waals surface area contributed by atoms with E-state index in [9.17, 15) is 4.79 Å². The first-order valence-corrected chi connectivity index (χ1v) is 6.71. The molecule has 0 aliphatic rings. The van der Waals surface area contributed by atoms with Crippen molar-refractivity contribution in [3.8, 4) is 0 Å². The van der Waals surface area contributed by atoms with Crippen molar-refractivity contribution in [1.82, 2.24) is 5.32 Å². The van der Waals surface area contributed by atoms with Gasteiger partial charge in [0.05, 0.1) is 0 Å². The summed E-state index contributed by atoms with van der Waals surface area (Å²) in [5.41, 5.74) is 5.56. The van der Waals surface area contributed by atoms with Crippen LogP contribution in [0, 0.1) is 5.92 Å². The minimum atomic E-state index is 0.201. The monoisotopic (exact) mass is 228 g/mol. The summed E-state index contributed by atoms with van der Waals surface area (Å²) < 4.78 is 0. The smallest absolute Gasteiger partial charge is 0.220 e. The molecule has 3 N–H and O–H groups in total. The summed E-state index contributed by atoms with van der Waals surface area (Å²) in [6, 6.07) is 0. The van der Waals surface area contributed by atoms with Gasteiger partial charge in [0.2, 0.25) is 5.91 Å². The van der Waals surface area contributed by atoms with Crippen LogP contribution in [0.3, 0.4) is 0 Å². The lowest BCUT2D eigenvalue weighted by Crippen LogP contribution is -2.25. The molecule has 0 heterocycles. The number of nitrogens with two attached hydrogens (primary N) is 1. The number of rotatable bonds is 10. The fourth-order valence-electron chi connectivity index (χ4n) is 1.91. The molecule has 0 radical (unpaired) electrons. The predicted octanol–water partition coefficient (Wildman–Crippen LogP) is 2.45. The van der Waals surface area contributed by atoms with Crippen LogP contribution in [0.15, 0.2) is 0 Å². The molecule has 0 aromatic rings. The summed E-state index contributed by atoms with van der Waals surface area (Å²) >= 11 is 0. The first-order valence-electron chi connectivity index (χ1n) is 6.71. The van der Waals surface area contributed by atoms with Gasteiger partial charge in [0, 0.05) is 13.0 Å². The Morgan fingerprint density at radius 1 is 1.19 bits per heavy atom. The summed E-state index contributed by atoms with van der Waals surface area (Å²) in [5.74, 6) is 0.832. The highest BCUT2D eigenvalue weighted by Crippen LogP contribution is 2.16. The Balaban J connectivity index is 3.60. The summed E-state index contributed by atoms with van der Waals surface area (Å²) in [4.78, 5) is 11.5. The predicted molar refractivity (Wildman–Crippen MR) is 69.2 cm³/mol. The Bertz CT molecular complexity index is 165. The van der Waals surface area contributed by atoms with Crippen LogP contribution in [0.4, 0.5) is 0 Å². The maximum absolute atomic E-state index is 11.5. The fourth-order valence-corrected chi connectivity index (χ4v) is 1.91. The minimum absolute atomic E-state index is 0.201. The molecule has 1 unspecified atom stereocenters. The number of hydrogen-bond donors (Lipinski definition) is 2. The van der Waals surface area contributed by atoms with Gasteiger partial charge < -0.3 is 11.1 Å². The van der Waals surface area contributed by atoms with Crippen LogP contribution in [0.25, 0.3) is 0 Å². The van der Waals surface area contributed by atoms with E-state index < -0.39 is 0 Å². The first-order chi connectivity index (χ1) is 7.74. The van der Waals surface area contributed by atoms with Crippen LogP contribution in [0.1, 0.15) is 58.8 Å². The van der Waals surface area contributed by atoms with Crippen LogP contribution < -0.4 is 11.1 Å². The number of amides is 1. The molecule has 0 aliphatic heterocycles. The Kier molecular flexibility index (Phi) is 10.5. The highest BCUT2D eigenvalue weighted by molar-refractivity contribution is 5.75. The lowest BCUT2D eigenvalue weighted by atomic mass is 9.94. The van der Waals surface area contributed by atoms with Crippen molar-refractivity contribution in [3.05, 3.63) is 0 Å². The van der Waals surface area contributed by atoms with Crippen molar-refractivity contribution in [2.24, 2.45) is 11.7 Å². The van der Waals surface area contributed by atoms with Crippen molar-refractivity contribution in [3.63, 3.8) is 0 Å². The van der Waals surface area contributed by atoms with Crippen LogP contribution in [-0.2, 0) is 4.79 Å². The molecule has 1 amide bonds. The Labute approximate surface area is 100 Å². The van der Waals surface area contributed by atoms with E-state index in [4.69, 9.17) is 5.73 Å². The van der Waals surface area contributed by atoms with Gasteiger partial charge in [0.15, 0.2) is 0 Å². The number of carbonyl (C=O) groups is 1. The number of unbranched alkanes of at least 4 members (excludes halogenated alkanes) is 1. The van der Waals surface area contributed by atoms with Crippen molar-refractivity contribution in [2.45, 2.75) is 58.8 Å². The van der Waals surface area contributed by atoms with Gasteiger partial charge in [0.1, 0.15) is 0 Å². The standard InChI is InChI=1S/C13H28N2O/c1-3-5-11-15-13(16)8-7-12(6-4-2)9-10-14/h12H,3-11,14H2,1-2H3,(H,15,16). The second-order valence-electron chi connectivity index (χ2n) is 4.47. The van der Waals surface area contributed by atoms with Crippen LogP contribution >= 0.6 is 0 Å². The van der Waals surface area contributed by atoms with Crippen LogP contribution in [0.5, 0.6) is 0 Å². The van der Waals surface area contributed by atoms with E-state index in [2.05, 4.69) is 19.2 Å². The van der Waals surface area contributed by atoms with Gasteiger partial charge in [-0.1, -0.05) is 33.1 Å². The molecule has 1 atom stereocenters. The van der Waals surface area contributed by atoms with E-state index in [0.29, 0.717) is 12.3 Å². The lowest BCUT2D eigenvalue weighted by molar-refractivity contribution is -0.121. The number of hydrogen-bond acceptors (Lipinski definition) is 2. The quantitative estimate of drug-likeness (QED) is 0.564. The molecule has 0 saturated carbocycles. The molecule has 0 aliphatic carbocycles. The van der Waals surface area contributed by atoms with Gasteiger partial charge in [-0.25, -0.2) is 0 Å². The maximum atomic E-state index is 11.5. The molecule has 0 aromatic heterocycles. The van der Waals surface area contributed by atoms with E-state index >= 15 is 0 Å². The SMILES string of the molecule is CCCCNC(=O)CCC(CCC)CCN. The van der Waals surface area contributed by atoms with E-state index in [1.807, 2.05) is 0 Å². The van der Waals surface area contributed by atoms with Gasteiger partial charge in [-0.2, -0.15) is 0 Å². The number of carbonyl (C=O) groups excluding carboxylic acids is 1. The summed E-state index contributed by atoms with van der Waals surface area (Å²) in [5, 5.41) is 2.95. The molecular formula is C13H28N2O. The molecule has 16 heavy (non-hydrogen) atoms. The molecule has 96 valence electrons. The largest absolute Gasteiger partial charge is 0.356 e. The van der Waals surface area contributed by atoms with E-state index in [-0.39, 0.29) is 5.91 Å². The number of nitrogens with one attached hydrogen (secondary N) is 1. The molecule has 3 nitrogen and oxygen atoms in total. The summed E-state index contributed by atoms with van der Waals surface area (Å²) in [6.45, 7) is 5.88. The normalized spacial score (nSPS) is 12.4. The first kappa shape index (κ1) is 15.4. The molecule has 0 fully saturated rings. The molecule has 3 heteroatoms.